The topological polar surface area (TPSA) is 78.2 Å². The Kier molecular flexibility index (Phi) is 3.98. The van der Waals surface area contributed by atoms with Crippen molar-refractivity contribution >= 4 is 27.4 Å². The maximum absolute atomic E-state index is 12.9. The van der Waals surface area contributed by atoms with Crippen LogP contribution in [0.15, 0.2) is 29.2 Å². The van der Waals surface area contributed by atoms with Crippen LogP contribution < -0.4 is 0 Å². The van der Waals surface area contributed by atoms with Gasteiger partial charge < -0.3 is 0 Å². The van der Waals surface area contributed by atoms with Gasteiger partial charge in [-0.15, -0.1) is 0 Å². The molecule has 3 unspecified atom stereocenters. The molecule has 0 saturated carbocycles. The molecule has 2 saturated heterocycles. The minimum absolute atomic E-state index is 0.127. The van der Waals surface area contributed by atoms with Crippen LogP contribution in [0, 0.1) is 17.2 Å². The Balaban J connectivity index is 2.04. The average Bonchev–Trinajstić information content (AvgIpc) is 2.47. The second kappa shape index (κ2) is 5.65. The summed E-state index contributed by atoms with van der Waals surface area (Å²) in [6.07, 6.45) is 2.18. The predicted molar refractivity (Wildman–Crippen MR) is 80.6 cm³/mol. The fourth-order valence-corrected chi connectivity index (χ4v) is 5.43. The lowest BCUT2D eigenvalue weighted by molar-refractivity contribution is -0.128. The molecule has 1 aromatic rings. The number of ketones is 1. The van der Waals surface area contributed by atoms with Gasteiger partial charge in [0.15, 0.2) is 5.78 Å². The van der Waals surface area contributed by atoms with Gasteiger partial charge in [-0.25, -0.2) is 8.42 Å². The third-order valence-corrected chi connectivity index (χ3v) is 6.66. The number of piperidine rings is 2. The lowest BCUT2D eigenvalue weighted by Crippen LogP contribution is -2.58. The van der Waals surface area contributed by atoms with Gasteiger partial charge in [-0.1, -0.05) is 18.0 Å². The van der Waals surface area contributed by atoms with Crippen molar-refractivity contribution in [1.82, 2.24) is 4.31 Å². The number of hydrogen-bond acceptors (Lipinski definition) is 4. The third kappa shape index (κ3) is 2.43. The van der Waals surface area contributed by atoms with Crippen LogP contribution >= 0.6 is 11.6 Å². The molecule has 5 nitrogen and oxygen atoms in total. The van der Waals surface area contributed by atoms with Crippen LogP contribution in [-0.2, 0) is 14.8 Å². The number of benzene rings is 1. The molecule has 7 heteroatoms. The van der Waals surface area contributed by atoms with Gasteiger partial charge in [0.25, 0.3) is 0 Å². The van der Waals surface area contributed by atoms with Gasteiger partial charge >= 0.3 is 0 Å². The van der Waals surface area contributed by atoms with E-state index in [0.717, 1.165) is 6.42 Å². The molecule has 2 heterocycles. The van der Waals surface area contributed by atoms with Gasteiger partial charge in [-0.05, 0) is 37.1 Å². The van der Waals surface area contributed by atoms with Crippen LogP contribution in [0.25, 0.3) is 0 Å². The number of sulfonamides is 1. The van der Waals surface area contributed by atoms with Crippen molar-refractivity contribution in [3.8, 4) is 6.07 Å². The summed E-state index contributed by atoms with van der Waals surface area (Å²) in [5, 5.41) is 9.72. The highest BCUT2D eigenvalue weighted by Gasteiger charge is 2.50. The SMILES string of the molecule is N#CC1C(=O)CC2CCCC1N2S(=O)(=O)c1ccc(Cl)cc1. The van der Waals surface area contributed by atoms with Gasteiger partial charge in [0.2, 0.25) is 10.0 Å². The van der Waals surface area contributed by atoms with E-state index in [2.05, 4.69) is 0 Å². The van der Waals surface area contributed by atoms with E-state index in [4.69, 9.17) is 11.6 Å². The normalized spacial score (nSPS) is 29.1. The third-order valence-electron chi connectivity index (χ3n) is 4.42. The molecule has 1 aromatic carbocycles. The van der Waals surface area contributed by atoms with Crippen molar-refractivity contribution in [2.75, 3.05) is 0 Å². The van der Waals surface area contributed by atoms with Crippen molar-refractivity contribution in [3.63, 3.8) is 0 Å². The number of nitriles is 1. The van der Waals surface area contributed by atoms with Crippen LogP contribution in [0.1, 0.15) is 25.7 Å². The molecule has 0 amide bonds. The summed E-state index contributed by atoms with van der Waals surface area (Å²) < 4.78 is 27.3. The highest BCUT2D eigenvalue weighted by molar-refractivity contribution is 7.89. The van der Waals surface area contributed by atoms with Gasteiger partial charge in [0.05, 0.1) is 11.0 Å². The van der Waals surface area contributed by atoms with Gasteiger partial charge in [0.1, 0.15) is 5.92 Å². The Labute approximate surface area is 134 Å². The van der Waals surface area contributed by atoms with Crippen molar-refractivity contribution in [2.24, 2.45) is 5.92 Å². The molecule has 2 aliphatic rings. The number of fused-ring (bicyclic) bond motifs is 2. The molecule has 2 aliphatic heterocycles. The maximum atomic E-state index is 12.9. The standard InChI is InChI=1S/C15H15ClN2O3S/c16-10-4-6-12(7-5-10)22(20,21)18-11-2-1-3-14(18)13(9-17)15(19)8-11/h4-7,11,13-14H,1-3,8H2. The number of Topliss-reactive ketones (excluding diaryl/α,β-unsaturated/α-hetero) is 1. The highest BCUT2D eigenvalue weighted by Crippen LogP contribution is 2.39. The summed E-state index contributed by atoms with van der Waals surface area (Å²) in [7, 11) is -3.73. The zero-order chi connectivity index (χ0) is 15.9. The zero-order valence-corrected chi connectivity index (χ0v) is 13.3. The smallest absolute Gasteiger partial charge is 0.243 e. The summed E-state index contributed by atoms with van der Waals surface area (Å²) in [5.74, 6) is -1.00. The number of carbonyl (C=O) groups is 1. The van der Waals surface area contributed by atoms with Gasteiger partial charge in [0, 0.05) is 23.5 Å². The van der Waals surface area contributed by atoms with E-state index in [-0.39, 0.29) is 23.1 Å². The van der Waals surface area contributed by atoms with E-state index in [1.54, 1.807) is 0 Å². The quantitative estimate of drug-likeness (QED) is 0.829. The van der Waals surface area contributed by atoms with Crippen LogP contribution in [0.2, 0.25) is 5.02 Å². The van der Waals surface area contributed by atoms with E-state index >= 15 is 0 Å². The molecule has 3 atom stereocenters. The first-order valence-corrected chi connectivity index (χ1v) is 8.98. The van der Waals surface area contributed by atoms with Crippen LogP contribution in [0.5, 0.6) is 0 Å². The van der Waals surface area contributed by atoms with Crippen molar-refractivity contribution in [1.29, 1.82) is 5.26 Å². The molecule has 116 valence electrons. The fourth-order valence-electron chi connectivity index (χ4n) is 3.43. The van der Waals surface area contributed by atoms with Gasteiger partial charge in [-0.3, -0.25) is 4.79 Å². The Hall–Kier alpha value is -1.42. The van der Waals surface area contributed by atoms with Gasteiger partial charge in [-0.2, -0.15) is 9.57 Å². The van der Waals surface area contributed by atoms with E-state index < -0.39 is 22.0 Å². The summed E-state index contributed by atoms with van der Waals surface area (Å²) in [5.41, 5.74) is 0. The molecule has 2 bridgehead atoms. The Morgan fingerprint density at radius 1 is 1.23 bits per heavy atom. The maximum Gasteiger partial charge on any atom is 0.243 e. The second-order valence-electron chi connectivity index (χ2n) is 5.72. The second-order valence-corrected chi connectivity index (χ2v) is 8.00. The first kappa shape index (κ1) is 15.5. The first-order valence-electron chi connectivity index (χ1n) is 7.16. The van der Waals surface area contributed by atoms with Crippen LogP contribution in [0.3, 0.4) is 0 Å². The molecule has 0 radical (unpaired) electrons. The highest BCUT2D eigenvalue weighted by atomic mass is 35.5. The van der Waals surface area contributed by atoms with Crippen molar-refractivity contribution in [3.05, 3.63) is 29.3 Å². The minimum Gasteiger partial charge on any atom is -0.298 e. The summed E-state index contributed by atoms with van der Waals surface area (Å²) in [6, 6.07) is 7.09. The molecule has 0 spiro atoms. The fraction of sp³-hybridized carbons (Fsp3) is 0.467. The number of hydrogen-bond donors (Lipinski definition) is 0. The number of carbonyl (C=O) groups excluding carboxylic acids is 1. The van der Waals surface area contributed by atoms with E-state index in [1.165, 1.54) is 28.6 Å². The van der Waals surface area contributed by atoms with E-state index in [9.17, 15) is 18.5 Å². The molecule has 3 rings (SSSR count). The first-order chi connectivity index (χ1) is 10.4. The van der Waals surface area contributed by atoms with E-state index in [0.29, 0.717) is 17.9 Å². The molecule has 0 aromatic heterocycles. The molecule has 22 heavy (non-hydrogen) atoms. The lowest BCUT2D eigenvalue weighted by atomic mass is 9.79. The number of nitrogens with zero attached hydrogens (tertiary/aromatic N) is 2. The van der Waals surface area contributed by atoms with E-state index in [1.807, 2.05) is 6.07 Å². The molecule has 0 aliphatic carbocycles. The number of halogens is 1. The summed E-state index contributed by atoms with van der Waals surface area (Å²) >= 11 is 5.81. The van der Waals surface area contributed by atoms with Crippen LogP contribution in [0.4, 0.5) is 0 Å². The minimum atomic E-state index is -3.73. The Morgan fingerprint density at radius 2 is 1.91 bits per heavy atom. The Morgan fingerprint density at radius 3 is 2.55 bits per heavy atom. The lowest BCUT2D eigenvalue weighted by Gasteiger charge is -2.45. The Bertz CT molecular complexity index is 739. The monoisotopic (exact) mass is 338 g/mol. The largest absolute Gasteiger partial charge is 0.298 e. The van der Waals surface area contributed by atoms with Crippen molar-refractivity contribution in [2.45, 2.75) is 42.7 Å². The molecule has 0 N–H and O–H groups in total. The van der Waals surface area contributed by atoms with Crippen molar-refractivity contribution < 1.29 is 13.2 Å². The average molecular weight is 339 g/mol. The molecular weight excluding hydrogens is 324 g/mol. The molecule has 2 fully saturated rings. The predicted octanol–water partition coefficient (Wildman–Crippen LogP) is 2.36. The summed E-state index contributed by atoms with van der Waals surface area (Å²) in [6.45, 7) is 0. The summed E-state index contributed by atoms with van der Waals surface area (Å²) in [4.78, 5) is 12.2. The number of rotatable bonds is 2. The molecular formula is C15H15ClN2O3S. The zero-order valence-electron chi connectivity index (χ0n) is 11.8. The van der Waals surface area contributed by atoms with Crippen LogP contribution in [-0.4, -0.2) is 30.6 Å².